The van der Waals surface area contributed by atoms with Crippen molar-refractivity contribution in [2.45, 2.75) is 19.4 Å². The third-order valence-electron chi connectivity index (χ3n) is 1.89. The van der Waals surface area contributed by atoms with Crippen molar-refractivity contribution in [3.8, 4) is 0 Å². The van der Waals surface area contributed by atoms with Gasteiger partial charge in [-0.1, -0.05) is 0 Å². The van der Waals surface area contributed by atoms with E-state index in [-0.39, 0.29) is 6.42 Å². The number of carbonyl (C=O) groups is 1. The second kappa shape index (κ2) is 4.72. The summed E-state index contributed by atoms with van der Waals surface area (Å²) in [4.78, 5) is 14.9. The van der Waals surface area contributed by atoms with Crippen molar-refractivity contribution in [3.05, 3.63) is 29.6 Å². The highest BCUT2D eigenvalue weighted by atomic mass is 16.5. The monoisotopic (exact) mass is 195 g/mol. The van der Waals surface area contributed by atoms with Gasteiger partial charge in [-0.3, -0.25) is 9.78 Å². The number of aryl methyl sites for hydroxylation is 1. The van der Waals surface area contributed by atoms with Gasteiger partial charge in [-0.25, -0.2) is 0 Å². The van der Waals surface area contributed by atoms with Crippen LogP contribution in [0.1, 0.15) is 23.8 Å². The lowest BCUT2D eigenvalue weighted by Gasteiger charge is -2.09. The third kappa shape index (κ3) is 2.81. The van der Waals surface area contributed by atoms with Crippen LogP contribution < -0.4 is 0 Å². The van der Waals surface area contributed by atoms with Crippen LogP contribution in [0.15, 0.2) is 18.3 Å². The summed E-state index contributed by atoms with van der Waals surface area (Å²) in [6, 6.07) is 3.42. The molecule has 4 nitrogen and oxygen atoms in total. The molecule has 0 aliphatic carbocycles. The first kappa shape index (κ1) is 10.7. The van der Waals surface area contributed by atoms with Crippen molar-refractivity contribution < 1.29 is 14.6 Å². The van der Waals surface area contributed by atoms with Crippen LogP contribution in [-0.4, -0.2) is 23.2 Å². The molecule has 0 amide bonds. The molecule has 0 saturated heterocycles. The van der Waals surface area contributed by atoms with Gasteiger partial charge in [0.05, 0.1) is 19.6 Å². The summed E-state index contributed by atoms with van der Waals surface area (Å²) in [7, 11) is 1.30. The lowest BCUT2D eigenvalue weighted by Crippen LogP contribution is -2.08. The van der Waals surface area contributed by atoms with E-state index in [2.05, 4.69) is 9.72 Å². The van der Waals surface area contributed by atoms with Gasteiger partial charge >= 0.3 is 5.97 Å². The van der Waals surface area contributed by atoms with Gasteiger partial charge in [0, 0.05) is 11.9 Å². The molecular weight excluding hydrogens is 182 g/mol. The van der Waals surface area contributed by atoms with E-state index in [1.165, 1.54) is 7.11 Å². The Kier molecular flexibility index (Phi) is 3.59. The van der Waals surface area contributed by atoms with Crippen LogP contribution in [0, 0.1) is 6.92 Å². The first-order chi connectivity index (χ1) is 6.63. The smallest absolute Gasteiger partial charge is 0.308 e. The number of aliphatic hydroxyl groups excluding tert-OH is 1. The van der Waals surface area contributed by atoms with E-state index in [1.54, 1.807) is 18.3 Å². The Balaban J connectivity index is 2.69. The Bertz CT molecular complexity index is 325. The fourth-order valence-electron chi connectivity index (χ4n) is 1.13. The average molecular weight is 195 g/mol. The van der Waals surface area contributed by atoms with Gasteiger partial charge < -0.3 is 9.84 Å². The van der Waals surface area contributed by atoms with Gasteiger partial charge in [0.25, 0.3) is 0 Å². The minimum absolute atomic E-state index is 0.0278. The number of rotatable bonds is 3. The zero-order chi connectivity index (χ0) is 10.6. The fourth-order valence-corrected chi connectivity index (χ4v) is 1.13. The lowest BCUT2D eigenvalue weighted by atomic mass is 10.1. The van der Waals surface area contributed by atoms with Gasteiger partial charge in [-0.05, 0) is 24.6 Å². The van der Waals surface area contributed by atoms with Crippen LogP contribution in [0.3, 0.4) is 0 Å². The molecule has 0 radical (unpaired) electrons. The summed E-state index contributed by atoms with van der Waals surface area (Å²) in [6.45, 7) is 1.83. The fraction of sp³-hybridized carbons (Fsp3) is 0.400. The van der Waals surface area contributed by atoms with E-state index in [1.807, 2.05) is 6.92 Å². The van der Waals surface area contributed by atoms with E-state index in [4.69, 9.17) is 0 Å². The van der Waals surface area contributed by atoms with E-state index < -0.39 is 12.1 Å². The standard InChI is InChI=1S/C10H13NO3/c1-7-5-8(3-4-11-7)9(12)6-10(13)14-2/h3-5,9,12H,6H2,1-2H3/t9-/m1/s1. The largest absolute Gasteiger partial charge is 0.469 e. The highest BCUT2D eigenvalue weighted by Gasteiger charge is 2.13. The molecule has 0 aromatic carbocycles. The van der Waals surface area contributed by atoms with E-state index in [9.17, 15) is 9.90 Å². The molecule has 1 N–H and O–H groups in total. The summed E-state index contributed by atoms with van der Waals surface area (Å²) in [5.41, 5.74) is 1.49. The second-order valence-corrected chi connectivity index (χ2v) is 3.03. The molecule has 0 saturated carbocycles. The molecular formula is C10H13NO3. The van der Waals surface area contributed by atoms with Crippen LogP contribution in [0.2, 0.25) is 0 Å². The van der Waals surface area contributed by atoms with Crippen LogP contribution in [-0.2, 0) is 9.53 Å². The zero-order valence-electron chi connectivity index (χ0n) is 8.23. The van der Waals surface area contributed by atoms with E-state index in [0.29, 0.717) is 5.56 Å². The van der Waals surface area contributed by atoms with Crippen LogP contribution in [0.25, 0.3) is 0 Å². The number of methoxy groups -OCH3 is 1. The highest BCUT2D eigenvalue weighted by Crippen LogP contribution is 2.16. The summed E-state index contributed by atoms with van der Waals surface area (Å²) >= 11 is 0. The number of esters is 1. The molecule has 0 bridgehead atoms. The maximum atomic E-state index is 10.9. The molecule has 0 aliphatic heterocycles. The number of aromatic nitrogens is 1. The normalized spacial score (nSPS) is 12.2. The summed E-state index contributed by atoms with van der Waals surface area (Å²) in [6.07, 6.45) is 0.759. The lowest BCUT2D eigenvalue weighted by molar-refractivity contribution is -0.142. The van der Waals surface area contributed by atoms with Gasteiger partial charge in [-0.2, -0.15) is 0 Å². The predicted molar refractivity (Wildman–Crippen MR) is 50.6 cm³/mol. The molecule has 1 heterocycles. The molecule has 1 atom stereocenters. The van der Waals surface area contributed by atoms with Crippen molar-refractivity contribution in [3.63, 3.8) is 0 Å². The van der Waals surface area contributed by atoms with Crippen molar-refractivity contribution in [1.82, 2.24) is 4.98 Å². The molecule has 1 aromatic rings. The third-order valence-corrected chi connectivity index (χ3v) is 1.89. The molecule has 0 unspecified atom stereocenters. The Hall–Kier alpha value is -1.42. The Labute approximate surface area is 82.5 Å². The number of carbonyl (C=O) groups excluding carboxylic acids is 1. The number of pyridine rings is 1. The van der Waals surface area contributed by atoms with Crippen molar-refractivity contribution in [2.24, 2.45) is 0 Å². The molecule has 1 aromatic heterocycles. The number of aliphatic hydroxyl groups is 1. The summed E-state index contributed by atoms with van der Waals surface area (Å²) in [5.74, 6) is -0.424. The molecule has 4 heteroatoms. The topological polar surface area (TPSA) is 59.4 Å². The molecule has 14 heavy (non-hydrogen) atoms. The van der Waals surface area contributed by atoms with Gasteiger partial charge in [0.1, 0.15) is 0 Å². The Morgan fingerprint density at radius 2 is 2.43 bits per heavy atom. The van der Waals surface area contributed by atoms with Crippen LogP contribution >= 0.6 is 0 Å². The SMILES string of the molecule is COC(=O)C[C@@H](O)c1ccnc(C)c1. The zero-order valence-corrected chi connectivity index (χ0v) is 8.23. The van der Waals surface area contributed by atoms with Crippen LogP contribution in [0.5, 0.6) is 0 Å². The maximum Gasteiger partial charge on any atom is 0.308 e. The molecule has 0 spiro atoms. The number of hydrogen-bond donors (Lipinski definition) is 1. The average Bonchev–Trinajstić information content (AvgIpc) is 2.17. The van der Waals surface area contributed by atoms with Crippen LogP contribution in [0.4, 0.5) is 0 Å². The molecule has 76 valence electrons. The van der Waals surface area contributed by atoms with Crippen molar-refractivity contribution in [1.29, 1.82) is 0 Å². The summed E-state index contributed by atoms with van der Waals surface area (Å²) in [5, 5.41) is 9.62. The Morgan fingerprint density at radius 3 is 3.00 bits per heavy atom. The van der Waals surface area contributed by atoms with E-state index >= 15 is 0 Å². The molecule has 0 aliphatic rings. The first-order valence-corrected chi connectivity index (χ1v) is 4.31. The summed E-state index contributed by atoms with van der Waals surface area (Å²) < 4.78 is 4.46. The minimum Gasteiger partial charge on any atom is -0.469 e. The van der Waals surface area contributed by atoms with Crippen molar-refractivity contribution in [2.75, 3.05) is 7.11 Å². The second-order valence-electron chi connectivity index (χ2n) is 3.03. The van der Waals surface area contributed by atoms with Crippen molar-refractivity contribution >= 4 is 5.97 Å². The number of hydrogen-bond acceptors (Lipinski definition) is 4. The molecule has 1 rings (SSSR count). The minimum atomic E-state index is -0.816. The van der Waals surface area contributed by atoms with Gasteiger partial charge in [-0.15, -0.1) is 0 Å². The molecule has 0 fully saturated rings. The maximum absolute atomic E-state index is 10.9. The van der Waals surface area contributed by atoms with Gasteiger partial charge in [0.15, 0.2) is 0 Å². The van der Waals surface area contributed by atoms with Gasteiger partial charge in [0.2, 0.25) is 0 Å². The first-order valence-electron chi connectivity index (χ1n) is 4.31. The predicted octanol–water partition coefficient (Wildman–Crippen LogP) is 0.987. The highest BCUT2D eigenvalue weighted by molar-refractivity contribution is 5.70. The number of ether oxygens (including phenoxy) is 1. The van der Waals surface area contributed by atoms with E-state index in [0.717, 1.165) is 5.69 Å². The Morgan fingerprint density at radius 1 is 1.71 bits per heavy atom. The quantitative estimate of drug-likeness (QED) is 0.730. The number of nitrogens with zero attached hydrogens (tertiary/aromatic N) is 1.